The number of imidazole rings is 1. The first-order valence-electron chi connectivity index (χ1n) is 3.33. The Morgan fingerprint density at radius 1 is 1.17 bits per heavy atom. The summed E-state index contributed by atoms with van der Waals surface area (Å²) in [4.78, 5) is 25.8. The van der Waals surface area contributed by atoms with Crippen LogP contribution in [0.25, 0.3) is 0 Å². The lowest BCUT2D eigenvalue weighted by Crippen LogP contribution is -2.38. The fourth-order valence-corrected chi connectivity index (χ4v) is 0.990. The molecule has 0 fully saturated rings. The SMILES string of the molecule is O=C1C=CC(=O)N1n1ccnc1. The first kappa shape index (κ1) is 6.78. The van der Waals surface area contributed by atoms with E-state index in [1.165, 1.54) is 35.5 Å². The van der Waals surface area contributed by atoms with Gasteiger partial charge in [0.1, 0.15) is 6.33 Å². The molecule has 0 aliphatic carbocycles. The van der Waals surface area contributed by atoms with Crippen LogP contribution in [0.2, 0.25) is 0 Å². The number of carbonyl (C=O) groups excluding carboxylic acids is 2. The van der Waals surface area contributed by atoms with Crippen LogP contribution in [0.5, 0.6) is 0 Å². The second kappa shape index (κ2) is 2.30. The van der Waals surface area contributed by atoms with E-state index in [9.17, 15) is 9.59 Å². The molecule has 2 amide bonds. The molecule has 0 radical (unpaired) electrons. The van der Waals surface area contributed by atoms with Crippen molar-refractivity contribution >= 4 is 11.8 Å². The number of amides is 2. The number of carbonyl (C=O) groups is 2. The Labute approximate surface area is 67.9 Å². The normalized spacial score (nSPS) is 16.2. The monoisotopic (exact) mass is 163 g/mol. The lowest BCUT2D eigenvalue weighted by molar-refractivity contribution is -0.122. The minimum atomic E-state index is -0.349. The van der Waals surface area contributed by atoms with Gasteiger partial charge in [0, 0.05) is 24.5 Å². The van der Waals surface area contributed by atoms with Gasteiger partial charge < -0.3 is 0 Å². The molecule has 1 aliphatic heterocycles. The first-order chi connectivity index (χ1) is 5.79. The highest BCUT2D eigenvalue weighted by atomic mass is 16.2. The van der Waals surface area contributed by atoms with Crippen LogP contribution < -0.4 is 5.01 Å². The van der Waals surface area contributed by atoms with Crippen LogP contribution in [0.3, 0.4) is 0 Å². The predicted molar refractivity (Wildman–Crippen MR) is 39.6 cm³/mol. The van der Waals surface area contributed by atoms with Crippen molar-refractivity contribution in [1.29, 1.82) is 0 Å². The zero-order chi connectivity index (χ0) is 8.55. The van der Waals surface area contributed by atoms with Gasteiger partial charge in [-0.2, -0.15) is 5.01 Å². The van der Waals surface area contributed by atoms with Crippen molar-refractivity contribution in [3.63, 3.8) is 0 Å². The van der Waals surface area contributed by atoms with Gasteiger partial charge in [0.2, 0.25) is 0 Å². The van der Waals surface area contributed by atoms with E-state index in [1.54, 1.807) is 0 Å². The van der Waals surface area contributed by atoms with Crippen molar-refractivity contribution < 1.29 is 9.59 Å². The van der Waals surface area contributed by atoms with Gasteiger partial charge in [-0.3, -0.25) is 9.59 Å². The molecule has 12 heavy (non-hydrogen) atoms. The standard InChI is InChI=1S/C7H5N3O2/c11-6-1-2-7(12)10(6)9-4-3-8-5-9/h1-5H. The maximum atomic E-state index is 11.1. The quantitative estimate of drug-likeness (QED) is 0.521. The summed E-state index contributed by atoms with van der Waals surface area (Å²) in [5, 5.41) is 0.993. The molecular weight excluding hydrogens is 158 g/mol. The molecule has 0 saturated carbocycles. The van der Waals surface area contributed by atoms with Gasteiger partial charge in [-0.1, -0.05) is 0 Å². The Morgan fingerprint density at radius 2 is 1.83 bits per heavy atom. The summed E-state index contributed by atoms with van der Waals surface area (Å²) in [6.07, 6.45) is 6.87. The van der Waals surface area contributed by atoms with Gasteiger partial charge in [0.15, 0.2) is 0 Å². The van der Waals surface area contributed by atoms with Crippen molar-refractivity contribution in [1.82, 2.24) is 9.66 Å². The molecular formula is C7H5N3O2. The zero-order valence-corrected chi connectivity index (χ0v) is 6.04. The number of rotatable bonds is 1. The second-order valence-electron chi connectivity index (χ2n) is 2.26. The van der Waals surface area contributed by atoms with E-state index in [0.29, 0.717) is 0 Å². The van der Waals surface area contributed by atoms with Gasteiger partial charge in [-0.05, 0) is 0 Å². The molecule has 2 heterocycles. The summed E-state index contributed by atoms with van der Waals surface area (Å²) in [6, 6.07) is 0. The molecule has 0 spiro atoms. The van der Waals surface area contributed by atoms with Gasteiger partial charge in [0.25, 0.3) is 11.8 Å². The van der Waals surface area contributed by atoms with Crippen molar-refractivity contribution in [3.8, 4) is 0 Å². The van der Waals surface area contributed by atoms with Crippen LogP contribution in [-0.2, 0) is 9.59 Å². The summed E-state index contributed by atoms with van der Waals surface area (Å²) < 4.78 is 1.34. The number of imide groups is 1. The minimum Gasteiger partial charge on any atom is -0.267 e. The third kappa shape index (κ3) is 0.833. The number of aromatic nitrogens is 2. The third-order valence-electron chi connectivity index (χ3n) is 1.51. The van der Waals surface area contributed by atoms with E-state index in [-0.39, 0.29) is 11.8 Å². The second-order valence-corrected chi connectivity index (χ2v) is 2.26. The van der Waals surface area contributed by atoms with Crippen molar-refractivity contribution in [2.24, 2.45) is 0 Å². The minimum absolute atomic E-state index is 0.349. The fraction of sp³-hybridized carbons (Fsp3) is 0. The Kier molecular flexibility index (Phi) is 1.30. The molecule has 0 bridgehead atoms. The summed E-state index contributed by atoms with van der Waals surface area (Å²) >= 11 is 0. The van der Waals surface area contributed by atoms with Crippen molar-refractivity contribution in [2.75, 3.05) is 5.01 Å². The van der Waals surface area contributed by atoms with Crippen molar-refractivity contribution in [2.45, 2.75) is 0 Å². The number of hydrogen-bond acceptors (Lipinski definition) is 3. The highest BCUT2D eigenvalue weighted by Crippen LogP contribution is 2.01. The Morgan fingerprint density at radius 3 is 2.33 bits per heavy atom. The van der Waals surface area contributed by atoms with E-state index in [1.807, 2.05) is 0 Å². The predicted octanol–water partition coefficient (Wildman–Crippen LogP) is -0.556. The Hall–Kier alpha value is -1.91. The summed E-state index contributed by atoms with van der Waals surface area (Å²) in [6.45, 7) is 0. The van der Waals surface area contributed by atoms with Crippen LogP contribution in [0.15, 0.2) is 30.9 Å². The molecule has 5 heteroatoms. The molecule has 1 aromatic heterocycles. The highest BCUT2D eigenvalue weighted by molar-refractivity contribution is 6.23. The maximum Gasteiger partial charge on any atom is 0.273 e. The molecule has 0 aromatic carbocycles. The molecule has 0 N–H and O–H groups in total. The van der Waals surface area contributed by atoms with Crippen LogP contribution >= 0.6 is 0 Å². The average Bonchev–Trinajstić information content (AvgIpc) is 2.61. The molecule has 0 unspecified atom stereocenters. The smallest absolute Gasteiger partial charge is 0.267 e. The van der Waals surface area contributed by atoms with Crippen LogP contribution in [0, 0.1) is 0 Å². The fourth-order valence-electron chi connectivity index (χ4n) is 0.990. The van der Waals surface area contributed by atoms with Crippen LogP contribution in [-0.4, -0.2) is 21.5 Å². The largest absolute Gasteiger partial charge is 0.273 e. The summed E-state index contributed by atoms with van der Waals surface area (Å²) in [5.41, 5.74) is 0. The molecule has 2 rings (SSSR count). The lowest BCUT2D eigenvalue weighted by Gasteiger charge is -2.12. The average molecular weight is 163 g/mol. The summed E-state index contributed by atoms with van der Waals surface area (Å²) in [5.74, 6) is -0.698. The molecule has 0 saturated heterocycles. The van der Waals surface area contributed by atoms with E-state index in [0.717, 1.165) is 5.01 Å². The van der Waals surface area contributed by atoms with E-state index >= 15 is 0 Å². The van der Waals surface area contributed by atoms with E-state index in [4.69, 9.17) is 0 Å². The zero-order valence-electron chi connectivity index (χ0n) is 6.04. The van der Waals surface area contributed by atoms with Gasteiger partial charge in [-0.15, -0.1) is 0 Å². The molecule has 1 aromatic rings. The van der Waals surface area contributed by atoms with Gasteiger partial charge >= 0.3 is 0 Å². The van der Waals surface area contributed by atoms with Gasteiger partial charge in [-0.25, -0.2) is 9.66 Å². The Balaban J connectivity index is 2.37. The number of nitrogens with zero attached hydrogens (tertiary/aromatic N) is 3. The highest BCUT2D eigenvalue weighted by Gasteiger charge is 2.24. The maximum absolute atomic E-state index is 11.1. The van der Waals surface area contributed by atoms with Crippen LogP contribution in [0.1, 0.15) is 0 Å². The van der Waals surface area contributed by atoms with Crippen LogP contribution in [0.4, 0.5) is 0 Å². The molecule has 60 valence electrons. The topological polar surface area (TPSA) is 55.2 Å². The lowest BCUT2D eigenvalue weighted by atomic mass is 10.6. The summed E-state index contributed by atoms with van der Waals surface area (Å²) in [7, 11) is 0. The number of hydrogen-bond donors (Lipinski definition) is 0. The van der Waals surface area contributed by atoms with E-state index < -0.39 is 0 Å². The van der Waals surface area contributed by atoms with E-state index in [2.05, 4.69) is 4.98 Å². The third-order valence-corrected chi connectivity index (χ3v) is 1.51. The van der Waals surface area contributed by atoms with Crippen molar-refractivity contribution in [3.05, 3.63) is 30.9 Å². The molecule has 5 nitrogen and oxygen atoms in total. The molecule has 0 atom stereocenters. The van der Waals surface area contributed by atoms with Gasteiger partial charge in [0.05, 0.1) is 0 Å². The molecule has 1 aliphatic rings. The first-order valence-corrected chi connectivity index (χ1v) is 3.33. The Bertz CT molecular complexity index is 335.